The van der Waals surface area contributed by atoms with Gasteiger partial charge in [0.2, 0.25) is 0 Å². The number of halogens is 3. The van der Waals surface area contributed by atoms with Gasteiger partial charge in [0.15, 0.2) is 5.69 Å². The second-order valence-corrected chi connectivity index (χ2v) is 7.90. The number of hydrogen-bond acceptors (Lipinski definition) is 4. The Bertz CT molecular complexity index is 1380. The van der Waals surface area contributed by atoms with E-state index in [4.69, 9.17) is 0 Å². The number of nitrogens with zero attached hydrogens (tertiary/aromatic N) is 5. The first kappa shape index (κ1) is 21.0. The normalized spacial score (nSPS) is 15.3. The van der Waals surface area contributed by atoms with E-state index in [0.717, 1.165) is 21.8 Å². The maximum absolute atomic E-state index is 13.3. The first-order valence-electron chi connectivity index (χ1n) is 10.4. The molecule has 2 aromatic heterocycles. The molecule has 0 bridgehead atoms. The molecule has 8 nitrogen and oxygen atoms in total. The number of likely N-dealkylation sites (tertiary alicyclic amines) is 1. The number of carbonyl (C=O) groups is 1. The van der Waals surface area contributed by atoms with Crippen molar-refractivity contribution in [1.29, 1.82) is 0 Å². The van der Waals surface area contributed by atoms with Crippen molar-refractivity contribution in [2.45, 2.75) is 25.1 Å². The molecule has 0 spiro atoms. The molecule has 3 heterocycles. The minimum atomic E-state index is -4.56. The van der Waals surface area contributed by atoms with Crippen LogP contribution in [0.25, 0.3) is 16.7 Å². The number of imidazole rings is 1. The van der Waals surface area contributed by atoms with Crippen molar-refractivity contribution in [1.82, 2.24) is 29.4 Å². The zero-order valence-corrected chi connectivity index (χ0v) is 17.3. The third-order valence-electron chi connectivity index (χ3n) is 5.91. The molecule has 5 rings (SSSR count). The van der Waals surface area contributed by atoms with Gasteiger partial charge >= 0.3 is 11.9 Å². The number of rotatable bonds is 3. The molecule has 11 heteroatoms. The number of carbonyl (C=O) groups excluding carboxylic acids is 1. The number of hydrogen-bond donors (Lipinski definition) is 1. The Morgan fingerprint density at radius 2 is 1.73 bits per heavy atom. The Kier molecular flexibility index (Phi) is 5.03. The highest BCUT2D eigenvalue weighted by Gasteiger charge is 2.34. The zero-order chi connectivity index (χ0) is 23.2. The standard InChI is InChI=1S/C22H19F3N6O2/c23-22(24,25)15-5-1-3-7-18(15)30-13-17(27-28-30)20(32)29-11-9-14(10-12-29)31-19-8-4-2-6-16(19)26-21(31)33/h1-8,13-14H,9-12H2,(H,26,33). The van der Waals surface area contributed by atoms with E-state index in [1.54, 1.807) is 9.47 Å². The van der Waals surface area contributed by atoms with Gasteiger partial charge in [-0.15, -0.1) is 5.10 Å². The maximum atomic E-state index is 13.3. The molecular weight excluding hydrogens is 437 g/mol. The number of aromatic amines is 1. The van der Waals surface area contributed by atoms with Gasteiger partial charge in [0.1, 0.15) is 0 Å². The summed E-state index contributed by atoms with van der Waals surface area (Å²) in [5, 5.41) is 7.56. The average Bonchev–Trinajstić information content (AvgIpc) is 3.42. The Morgan fingerprint density at radius 1 is 1.03 bits per heavy atom. The minimum absolute atomic E-state index is 0.0327. The second kappa shape index (κ2) is 7.91. The van der Waals surface area contributed by atoms with Crippen molar-refractivity contribution in [2.75, 3.05) is 13.1 Å². The fourth-order valence-corrected chi connectivity index (χ4v) is 4.32. The zero-order valence-electron chi connectivity index (χ0n) is 17.3. The van der Waals surface area contributed by atoms with Gasteiger partial charge in [-0.3, -0.25) is 9.36 Å². The number of fused-ring (bicyclic) bond motifs is 1. The molecule has 33 heavy (non-hydrogen) atoms. The number of para-hydroxylation sites is 3. The summed E-state index contributed by atoms with van der Waals surface area (Å²) < 4.78 is 42.6. The highest BCUT2D eigenvalue weighted by molar-refractivity contribution is 5.92. The lowest BCUT2D eigenvalue weighted by Gasteiger charge is -2.32. The molecule has 1 aliphatic rings. The summed E-state index contributed by atoms with van der Waals surface area (Å²) in [5.41, 5.74) is 0.296. The van der Waals surface area contributed by atoms with E-state index < -0.39 is 17.6 Å². The van der Waals surface area contributed by atoms with Gasteiger partial charge in [-0.2, -0.15) is 13.2 Å². The van der Waals surface area contributed by atoms with Crippen LogP contribution < -0.4 is 5.69 Å². The molecule has 0 radical (unpaired) electrons. The number of alkyl halides is 3. The van der Waals surface area contributed by atoms with Crippen LogP contribution in [0.4, 0.5) is 13.2 Å². The highest BCUT2D eigenvalue weighted by Crippen LogP contribution is 2.33. The Balaban J connectivity index is 1.32. The Morgan fingerprint density at radius 3 is 2.48 bits per heavy atom. The molecule has 2 aromatic carbocycles. The SMILES string of the molecule is O=C(c1cn(-c2ccccc2C(F)(F)F)nn1)N1CCC(n2c(=O)[nH]c3ccccc32)CC1. The van der Waals surface area contributed by atoms with Gasteiger partial charge in [-0.05, 0) is 37.1 Å². The number of benzene rings is 2. The number of nitrogens with one attached hydrogen (secondary N) is 1. The van der Waals surface area contributed by atoms with Crippen LogP contribution in [0.2, 0.25) is 0 Å². The predicted octanol–water partition coefficient (Wildman–Crippen LogP) is 3.41. The summed E-state index contributed by atoms with van der Waals surface area (Å²) in [6, 6.07) is 12.4. The van der Waals surface area contributed by atoms with E-state index in [-0.39, 0.29) is 23.1 Å². The van der Waals surface area contributed by atoms with E-state index >= 15 is 0 Å². The first-order valence-corrected chi connectivity index (χ1v) is 10.4. The molecule has 4 aromatic rings. The third-order valence-corrected chi connectivity index (χ3v) is 5.91. The molecule has 1 aliphatic heterocycles. The monoisotopic (exact) mass is 456 g/mol. The van der Waals surface area contributed by atoms with Crippen molar-refractivity contribution < 1.29 is 18.0 Å². The van der Waals surface area contributed by atoms with Crippen LogP contribution in [0.3, 0.4) is 0 Å². The fraction of sp³-hybridized carbons (Fsp3) is 0.273. The molecule has 0 aliphatic carbocycles. The number of H-pyrrole nitrogens is 1. The average molecular weight is 456 g/mol. The van der Waals surface area contributed by atoms with Crippen molar-refractivity contribution in [2.24, 2.45) is 0 Å². The molecule has 170 valence electrons. The Labute approximate surface area is 185 Å². The summed E-state index contributed by atoms with van der Waals surface area (Å²) in [5.74, 6) is -0.407. The molecular formula is C22H19F3N6O2. The first-order chi connectivity index (χ1) is 15.8. The number of aromatic nitrogens is 5. The fourth-order valence-electron chi connectivity index (χ4n) is 4.32. The molecule has 1 amide bonds. The molecule has 0 atom stereocenters. The topological polar surface area (TPSA) is 88.8 Å². The third kappa shape index (κ3) is 3.79. The van der Waals surface area contributed by atoms with Crippen LogP contribution in [-0.2, 0) is 6.18 Å². The Hall–Kier alpha value is -3.89. The molecule has 0 saturated carbocycles. The van der Waals surface area contributed by atoms with E-state index in [1.165, 1.54) is 24.4 Å². The van der Waals surface area contributed by atoms with Crippen molar-refractivity contribution >= 4 is 16.9 Å². The van der Waals surface area contributed by atoms with Gasteiger partial charge in [0, 0.05) is 19.1 Å². The van der Waals surface area contributed by atoms with Crippen LogP contribution in [-0.4, -0.2) is 48.4 Å². The minimum Gasteiger partial charge on any atom is -0.337 e. The van der Waals surface area contributed by atoms with Crippen LogP contribution in [0.1, 0.15) is 34.9 Å². The van der Waals surface area contributed by atoms with E-state index in [2.05, 4.69) is 15.3 Å². The summed E-state index contributed by atoms with van der Waals surface area (Å²) in [4.78, 5) is 29.8. The smallest absolute Gasteiger partial charge is 0.337 e. The van der Waals surface area contributed by atoms with E-state index in [0.29, 0.717) is 25.9 Å². The molecule has 1 N–H and O–H groups in total. The summed E-state index contributed by atoms with van der Waals surface area (Å²) in [6.07, 6.45) is -2.21. The van der Waals surface area contributed by atoms with Crippen molar-refractivity contribution in [3.8, 4) is 5.69 Å². The lowest BCUT2D eigenvalue weighted by atomic mass is 10.0. The predicted molar refractivity (Wildman–Crippen MR) is 113 cm³/mol. The van der Waals surface area contributed by atoms with Crippen LogP contribution >= 0.6 is 0 Å². The summed E-state index contributed by atoms with van der Waals surface area (Å²) in [6.45, 7) is 0.781. The van der Waals surface area contributed by atoms with Gasteiger partial charge in [0.25, 0.3) is 5.91 Å². The van der Waals surface area contributed by atoms with Gasteiger partial charge in [-0.1, -0.05) is 29.5 Å². The number of amides is 1. The largest absolute Gasteiger partial charge is 0.418 e. The van der Waals surface area contributed by atoms with Gasteiger partial charge in [0.05, 0.1) is 28.5 Å². The molecule has 1 saturated heterocycles. The van der Waals surface area contributed by atoms with Crippen LogP contribution in [0, 0.1) is 0 Å². The second-order valence-electron chi connectivity index (χ2n) is 7.90. The van der Waals surface area contributed by atoms with E-state index in [9.17, 15) is 22.8 Å². The van der Waals surface area contributed by atoms with Gasteiger partial charge in [-0.25, -0.2) is 9.48 Å². The highest BCUT2D eigenvalue weighted by atomic mass is 19.4. The summed E-state index contributed by atoms with van der Waals surface area (Å²) >= 11 is 0. The lowest BCUT2D eigenvalue weighted by Crippen LogP contribution is -2.40. The van der Waals surface area contributed by atoms with Gasteiger partial charge < -0.3 is 9.88 Å². The molecule has 1 fully saturated rings. The maximum Gasteiger partial charge on any atom is 0.418 e. The van der Waals surface area contributed by atoms with Crippen molar-refractivity contribution in [3.05, 3.63) is 76.5 Å². The quantitative estimate of drug-likeness (QED) is 0.512. The lowest BCUT2D eigenvalue weighted by molar-refractivity contribution is -0.137. The van der Waals surface area contributed by atoms with Crippen LogP contribution in [0.5, 0.6) is 0 Å². The number of piperidine rings is 1. The van der Waals surface area contributed by atoms with Crippen LogP contribution in [0.15, 0.2) is 59.5 Å². The van der Waals surface area contributed by atoms with Crippen molar-refractivity contribution in [3.63, 3.8) is 0 Å². The summed E-state index contributed by atoms with van der Waals surface area (Å²) in [7, 11) is 0. The molecule has 0 unspecified atom stereocenters. The van der Waals surface area contributed by atoms with E-state index in [1.807, 2.05) is 24.3 Å².